The molecule has 8 aliphatic heterocycles. The normalized spacial score (nSPS) is 18.9. The Kier molecular flexibility index (Phi) is 69.2. The fourth-order valence-electron chi connectivity index (χ4n) is 5.44. The molecule has 1 amide bonds. The molecule has 0 aromatic heterocycles. The summed E-state index contributed by atoms with van der Waals surface area (Å²) in [5.74, 6) is 1.88. The second kappa shape index (κ2) is 61.9. The maximum Gasteiger partial charge on any atom is 0.507 e. The lowest BCUT2D eigenvalue weighted by molar-refractivity contribution is -0.417. The number of hydrogen-bond donors (Lipinski definition) is 7. The zero-order chi connectivity index (χ0) is 54.6. The van der Waals surface area contributed by atoms with E-state index in [1.54, 1.807) is 6.20 Å². The maximum atomic E-state index is 11.8. The van der Waals surface area contributed by atoms with Crippen LogP contribution in [0, 0.1) is 5.41 Å². The molecule has 1 fully saturated rings. The standard InChI is InChI=1S/C10H19BN2O.C6H11N.2C5H9N.C4H2F4O2.C4H5NOS.C4H7NS.7C2H6/c1-11(14)13-8-4-10(5-9-13)2-6-12-7-3-10;1-2-4-6-7-5-3-1;2*1-2-4-6-5-3-1;5-3(6)4(7,8)10-2-1-9-3;6-4-3-7-2-1-5-4;1-3-6-4-2-5-1;7*1-2/h2,6,12,14H,3-5,7-9H2,1H3;3,5,7H,1-2,4,6H2;2,4,6H,1,3,5H2;1-2,6H,3-5H2;1-2H;1-2H,3H2,(H,5,6);1,3,5H,2,4H2;7*1-2H3. The predicted octanol–water partition coefficient (Wildman–Crippen LogP) is 13.4. The Balaban J connectivity index is -0.000000167. The van der Waals surface area contributed by atoms with E-state index in [9.17, 15) is 27.4 Å². The van der Waals surface area contributed by atoms with Gasteiger partial charge in [-0.15, -0.1) is 23.5 Å². The minimum absolute atomic E-state index is 0.0903. The van der Waals surface area contributed by atoms with Crippen molar-refractivity contribution in [3.05, 3.63) is 84.7 Å². The Morgan fingerprint density at radius 1 is 0.586 bits per heavy atom. The second-order valence-corrected chi connectivity index (χ2v) is 15.1. The highest BCUT2D eigenvalue weighted by Gasteiger charge is 2.63. The van der Waals surface area contributed by atoms with Gasteiger partial charge >= 0.3 is 19.3 Å². The molecule has 11 nitrogen and oxygen atoms in total. The van der Waals surface area contributed by atoms with Crippen LogP contribution in [0.4, 0.5) is 17.6 Å². The number of piperidine rings is 1. The summed E-state index contributed by atoms with van der Waals surface area (Å²) in [4.78, 5) is 12.4. The summed E-state index contributed by atoms with van der Waals surface area (Å²) in [6.07, 6.45) is 23.7. The van der Waals surface area contributed by atoms with Gasteiger partial charge in [0.05, 0.1) is 5.75 Å². The molecule has 0 aromatic rings. The van der Waals surface area contributed by atoms with Gasteiger partial charge in [-0.1, -0.05) is 127 Å². The number of allylic oxidation sites excluding steroid dienone is 3. The molecule has 1 saturated heterocycles. The molecular weight excluding hydrogens is 938 g/mol. The van der Waals surface area contributed by atoms with Gasteiger partial charge in [-0.25, -0.2) is 0 Å². The molecular formula is C52H104BF4N7O4S2. The lowest BCUT2D eigenvalue weighted by Gasteiger charge is -2.42. The number of carbonyl (C=O) groups is 1. The molecule has 7 N–H and O–H groups in total. The number of ether oxygens (including phenoxy) is 2. The van der Waals surface area contributed by atoms with E-state index in [2.05, 4.69) is 88.2 Å². The van der Waals surface area contributed by atoms with Crippen molar-refractivity contribution in [2.45, 2.75) is 174 Å². The zero-order valence-corrected chi connectivity index (χ0v) is 48.2. The fraction of sp³-hybridized carbons (Fsp3) is 0.712. The minimum atomic E-state index is -4.57. The first kappa shape index (κ1) is 78.3. The molecule has 0 unspecified atom stereocenters. The van der Waals surface area contributed by atoms with Crippen molar-refractivity contribution in [3.8, 4) is 0 Å². The summed E-state index contributed by atoms with van der Waals surface area (Å²) in [6, 6.07) is 0. The van der Waals surface area contributed by atoms with Crippen LogP contribution in [0.25, 0.3) is 0 Å². The number of thioether (sulfide) groups is 2. The largest absolute Gasteiger partial charge is 0.507 e. The minimum Gasteiger partial charge on any atom is -0.437 e. The average Bonchev–Trinajstić information content (AvgIpc) is 3.78. The summed E-state index contributed by atoms with van der Waals surface area (Å²) in [5, 5.41) is 31.7. The highest BCUT2D eigenvalue weighted by molar-refractivity contribution is 8.02. The molecule has 0 radical (unpaired) electrons. The molecule has 0 bridgehead atoms. The van der Waals surface area contributed by atoms with Crippen molar-refractivity contribution < 1.29 is 36.9 Å². The van der Waals surface area contributed by atoms with Gasteiger partial charge in [-0.05, 0) is 119 Å². The van der Waals surface area contributed by atoms with Gasteiger partial charge in [-0.3, -0.25) is 4.79 Å². The molecule has 18 heteroatoms. The first-order chi connectivity index (χ1) is 34.1. The fourth-order valence-corrected chi connectivity index (χ4v) is 6.50. The number of halogens is 4. The molecule has 8 rings (SSSR count). The molecule has 0 saturated carbocycles. The van der Waals surface area contributed by atoms with Crippen molar-refractivity contribution in [2.75, 3.05) is 63.9 Å². The van der Waals surface area contributed by atoms with Gasteiger partial charge in [-0.2, -0.15) is 17.6 Å². The van der Waals surface area contributed by atoms with Crippen LogP contribution < -0.4 is 31.9 Å². The van der Waals surface area contributed by atoms with Crippen molar-refractivity contribution in [1.82, 2.24) is 36.7 Å². The number of hydrogen-bond acceptors (Lipinski definition) is 12. The van der Waals surface area contributed by atoms with E-state index in [1.807, 2.05) is 140 Å². The van der Waals surface area contributed by atoms with Gasteiger partial charge in [0.25, 0.3) is 0 Å². The lowest BCUT2D eigenvalue weighted by atomic mass is 9.71. The quantitative estimate of drug-likeness (QED) is 0.0767. The van der Waals surface area contributed by atoms with Crippen LogP contribution in [0.3, 0.4) is 0 Å². The van der Waals surface area contributed by atoms with E-state index in [0.717, 1.165) is 52.4 Å². The highest BCUT2D eigenvalue weighted by atomic mass is 32.2. The van der Waals surface area contributed by atoms with Crippen LogP contribution in [0.15, 0.2) is 84.7 Å². The molecule has 8 aliphatic rings. The monoisotopic (exact) mass is 1040 g/mol. The molecule has 1 spiro atoms. The number of amides is 1. The van der Waals surface area contributed by atoms with Crippen LogP contribution in [-0.4, -0.2) is 98.9 Å². The topological polar surface area (TPSA) is 131 Å². The SMILES string of the molecule is C1=CCNCC1.C1=CNCCC1.C1=CNCCCC1.C1=CSCCN1.CB(O)N1CCC2(C=CNCC2)CC1.CC.CC.CC.CC.CC.CC.CC.FC1(F)OC=COC1(F)F.O=C1CSC=CN1. The number of rotatable bonds is 1. The van der Waals surface area contributed by atoms with Crippen LogP contribution in [-0.2, 0) is 14.3 Å². The van der Waals surface area contributed by atoms with Crippen LogP contribution >= 0.6 is 23.5 Å². The molecule has 0 atom stereocenters. The number of alkyl halides is 4. The van der Waals surface area contributed by atoms with Gasteiger partial charge in [0.1, 0.15) is 12.5 Å². The summed E-state index contributed by atoms with van der Waals surface area (Å²) >= 11 is 3.36. The first-order valence-electron chi connectivity index (χ1n) is 26.3. The molecule has 8 heterocycles. The third kappa shape index (κ3) is 48.4. The van der Waals surface area contributed by atoms with E-state index in [0.29, 0.717) is 23.7 Å². The van der Waals surface area contributed by atoms with E-state index < -0.39 is 12.2 Å². The van der Waals surface area contributed by atoms with E-state index in [-0.39, 0.29) is 13.0 Å². The zero-order valence-electron chi connectivity index (χ0n) is 46.5. The van der Waals surface area contributed by atoms with Crippen LogP contribution in [0.5, 0.6) is 0 Å². The molecule has 414 valence electrons. The smallest absolute Gasteiger partial charge is 0.437 e. The predicted molar refractivity (Wildman–Crippen MR) is 303 cm³/mol. The van der Waals surface area contributed by atoms with E-state index in [1.165, 1.54) is 75.3 Å². The maximum absolute atomic E-state index is 11.8. The van der Waals surface area contributed by atoms with Crippen molar-refractivity contribution in [3.63, 3.8) is 0 Å². The Labute approximate surface area is 436 Å². The van der Waals surface area contributed by atoms with Crippen molar-refractivity contribution in [2.24, 2.45) is 5.41 Å². The lowest BCUT2D eigenvalue weighted by Crippen LogP contribution is -2.47. The summed E-state index contributed by atoms with van der Waals surface area (Å²) in [5.41, 5.74) is 0.427. The van der Waals surface area contributed by atoms with Crippen molar-refractivity contribution in [1.29, 1.82) is 0 Å². The van der Waals surface area contributed by atoms with Crippen LogP contribution in [0.2, 0.25) is 6.82 Å². The third-order valence-corrected chi connectivity index (χ3v) is 10.3. The molecule has 0 aliphatic carbocycles. The summed E-state index contributed by atoms with van der Waals surface area (Å²) < 4.78 is 53.9. The summed E-state index contributed by atoms with van der Waals surface area (Å²) in [6.45, 7) is 38.7. The third-order valence-electron chi connectivity index (χ3n) is 8.76. The van der Waals surface area contributed by atoms with E-state index in [4.69, 9.17) is 0 Å². The average molecular weight is 1040 g/mol. The number of nitrogens with zero attached hydrogens (tertiary/aromatic N) is 1. The first-order valence-corrected chi connectivity index (χ1v) is 28.4. The van der Waals surface area contributed by atoms with Gasteiger partial charge < -0.3 is 51.2 Å². The number of nitrogens with one attached hydrogen (secondary N) is 6. The summed E-state index contributed by atoms with van der Waals surface area (Å²) in [7, 11) is -0.280. The molecule has 70 heavy (non-hydrogen) atoms. The Hall–Kier alpha value is -3.19. The number of carbonyl (C=O) groups excluding carboxylic acids is 1. The Morgan fingerprint density at radius 3 is 1.39 bits per heavy atom. The molecule has 0 aromatic carbocycles. The highest BCUT2D eigenvalue weighted by Crippen LogP contribution is 2.39. The Morgan fingerprint density at radius 2 is 1.10 bits per heavy atom. The van der Waals surface area contributed by atoms with Crippen LogP contribution in [0.1, 0.15) is 155 Å². The second-order valence-electron chi connectivity index (χ2n) is 13.2. The van der Waals surface area contributed by atoms with Gasteiger partial charge in [0, 0.05) is 50.9 Å². The van der Waals surface area contributed by atoms with Gasteiger partial charge in [0.15, 0.2) is 0 Å². The Bertz CT molecular complexity index is 1180. The van der Waals surface area contributed by atoms with E-state index >= 15 is 0 Å². The van der Waals surface area contributed by atoms with Gasteiger partial charge in [0.2, 0.25) is 5.91 Å². The van der Waals surface area contributed by atoms with Crippen molar-refractivity contribution >= 4 is 36.5 Å².